The molecule has 0 saturated heterocycles. The van der Waals surface area contributed by atoms with E-state index in [0.29, 0.717) is 0 Å². The van der Waals surface area contributed by atoms with E-state index in [1.807, 2.05) is 20.8 Å². The van der Waals surface area contributed by atoms with E-state index >= 15 is 0 Å². The SMILES string of the molecule is C=C[C@H](C)C(OS(C)(=O)=O)[C@@H](C)CC. The number of hydrogen-bond acceptors (Lipinski definition) is 3. The van der Waals surface area contributed by atoms with E-state index in [4.69, 9.17) is 4.18 Å². The topological polar surface area (TPSA) is 43.4 Å². The van der Waals surface area contributed by atoms with Crippen LogP contribution in [0.1, 0.15) is 27.2 Å². The molecule has 14 heavy (non-hydrogen) atoms. The summed E-state index contributed by atoms with van der Waals surface area (Å²) in [5, 5.41) is 0. The molecule has 0 N–H and O–H groups in total. The normalized spacial score (nSPS) is 18.6. The van der Waals surface area contributed by atoms with Crippen LogP contribution in [-0.2, 0) is 14.3 Å². The van der Waals surface area contributed by atoms with Crippen LogP contribution in [0.25, 0.3) is 0 Å². The summed E-state index contributed by atoms with van der Waals surface area (Å²) < 4.78 is 27.1. The summed E-state index contributed by atoms with van der Waals surface area (Å²) >= 11 is 0. The second kappa shape index (κ2) is 5.51. The Hall–Kier alpha value is -0.350. The minimum atomic E-state index is -3.38. The van der Waals surface area contributed by atoms with Crippen molar-refractivity contribution in [3.05, 3.63) is 12.7 Å². The average molecular weight is 220 g/mol. The van der Waals surface area contributed by atoms with Crippen LogP contribution in [0, 0.1) is 11.8 Å². The molecule has 0 radical (unpaired) electrons. The highest BCUT2D eigenvalue weighted by atomic mass is 32.2. The lowest BCUT2D eigenvalue weighted by Crippen LogP contribution is -2.30. The van der Waals surface area contributed by atoms with Gasteiger partial charge in [-0.05, 0) is 5.92 Å². The van der Waals surface area contributed by atoms with Gasteiger partial charge in [-0.2, -0.15) is 8.42 Å². The fourth-order valence-electron chi connectivity index (χ4n) is 1.27. The Kier molecular flexibility index (Phi) is 5.37. The molecule has 0 aromatic rings. The standard InChI is InChI=1S/C10H20O3S/c1-6-8(3)10(9(4)7-2)13-14(5,11)12/h6,8-10H,1,7H2,2-5H3/t8-,9-,10?/m0/s1. The van der Waals surface area contributed by atoms with E-state index in [9.17, 15) is 8.42 Å². The molecule has 0 aromatic carbocycles. The van der Waals surface area contributed by atoms with Gasteiger partial charge in [0.2, 0.25) is 0 Å². The van der Waals surface area contributed by atoms with Crippen molar-refractivity contribution in [3.63, 3.8) is 0 Å². The van der Waals surface area contributed by atoms with Gasteiger partial charge in [0.15, 0.2) is 0 Å². The molecule has 0 amide bonds. The molecule has 0 heterocycles. The molecule has 0 aromatic heterocycles. The molecule has 3 atom stereocenters. The van der Waals surface area contributed by atoms with Crippen molar-refractivity contribution in [2.75, 3.05) is 6.26 Å². The van der Waals surface area contributed by atoms with Gasteiger partial charge in [-0.15, -0.1) is 6.58 Å². The first-order chi connectivity index (χ1) is 6.31. The van der Waals surface area contributed by atoms with Crippen LogP contribution < -0.4 is 0 Å². The fraction of sp³-hybridized carbons (Fsp3) is 0.800. The van der Waals surface area contributed by atoms with Crippen LogP contribution in [0.15, 0.2) is 12.7 Å². The van der Waals surface area contributed by atoms with Crippen molar-refractivity contribution in [3.8, 4) is 0 Å². The van der Waals surface area contributed by atoms with Crippen LogP contribution in [-0.4, -0.2) is 20.8 Å². The Labute approximate surface area is 87.3 Å². The molecule has 0 bridgehead atoms. The number of rotatable bonds is 6. The Morgan fingerprint density at radius 1 is 1.43 bits per heavy atom. The van der Waals surface area contributed by atoms with Gasteiger partial charge >= 0.3 is 0 Å². The largest absolute Gasteiger partial charge is 0.266 e. The first kappa shape index (κ1) is 13.7. The first-order valence-electron chi connectivity index (χ1n) is 4.82. The quantitative estimate of drug-likeness (QED) is 0.509. The van der Waals surface area contributed by atoms with E-state index in [2.05, 4.69) is 6.58 Å². The zero-order valence-corrected chi connectivity index (χ0v) is 10.2. The molecule has 0 saturated carbocycles. The number of hydrogen-bond donors (Lipinski definition) is 0. The van der Waals surface area contributed by atoms with E-state index < -0.39 is 10.1 Å². The van der Waals surface area contributed by atoms with Crippen molar-refractivity contribution in [1.82, 2.24) is 0 Å². The molecular weight excluding hydrogens is 200 g/mol. The molecule has 0 aliphatic rings. The van der Waals surface area contributed by atoms with Crippen LogP contribution in [0.5, 0.6) is 0 Å². The molecule has 84 valence electrons. The van der Waals surface area contributed by atoms with E-state index in [0.717, 1.165) is 12.7 Å². The smallest absolute Gasteiger partial charge is 0.264 e. The molecule has 1 unspecified atom stereocenters. The molecule has 0 rings (SSSR count). The van der Waals surface area contributed by atoms with Crippen molar-refractivity contribution in [2.45, 2.75) is 33.3 Å². The molecule has 0 spiro atoms. The highest BCUT2D eigenvalue weighted by Gasteiger charge is 2.25. The maximum absolute atomic E-state index is 11.0. The minimum Gasteiger partial charge on any atom is -0.266 e. The summed E-state index contributed by atoms with van der Waals surface area (Å²) in [4.78, 5) is 0. The Bertz CT molecular complexity index is 269. The summed E-state index contributed by atoms with van der Waals surface area (Å²) in [7, 11) is -3.38. The van der Waals surface area contributed by atoms with E-state index in [-0.39, 0.29) is 17.9 Å². The monoisotopic (exact) mass is 220 g/mol. The van der Waals surface area contributed by atoms with Crippen LogP contribution >= 0.6 is 0 Å². The lowest BCUT2D eigenvalue weighted by atomic mass is 9.92. The first-order valence-corrected chi connectivity index (χ1v) is 6.64. The van der Waals surface area contributed by atoms with Crippen molar-refractivity contribution >= 4 is 10.1 Å². The maximum atomic E-state index is 11.0. The van der Waals surface area contributed by atoms with Crippen molar-refractivity contribution in [1.29, 1.82) is 0 Å². The zero-order valence-electron chi connectivity index (χ0n) is 9.36. The van der Waals surface area contributed by atoms with Gasteiger partial charge in [0.25, 0.3) is 10.1 Å². The third-order valence-electron chi connectivity index (χ3n) is 2.38. The highest BCUT2D eigenvalue weighted by molar-refractivity contribution is 7.86. The van der Waals surface area contributed by atoms with Gasteiger partial charge in [-0.25, -0.2) is 0 Å². The average Bonchev–Trinajstić information content (AvgIpc) is 2.10. The predicted octanol–water partition coefficient (Wildman–Crippen LogP) is 2.20. The van der Waals surface area contributed by atoms with Crippen molar-refractivity contribution in [2.24, 2.45) is 11.8 Å². The summed E-state index contributed by atoms with van der Waals surface area (Å²) in [6.07, 6.45) is 3.39. The van der Waals surface area contributed by atoms with E-state index in [1.165, 1.54) is 0 Å². The molecular formula is C10H20O3S. The fourth-order valence-corrected chi connectivity index (χ4v) is 2.04. The highest BCUT2D eigenvalue weighted by Crippen LogP contribution is 2.21. The third kappa shape index (κ3) is 4.77. The minimum absolute atomic E-state index is 0.0414. The summed E-state index contributed by atoms with van der Waals surface area (Å²) in [6, 6.07) is 0. The maximum Gasteiger partial charge on any atom is 0.264 e. The summed E-state index contributed by atoms with van der Waals surface area (Å²) in [5.74, 6) is 0.248. The molecule has 3 nitrogen and oxygen atoms in total. The van der Waals surface area contributed by atoms with Gasteiger partial charge in [0.05, 0.1) is 12.4 Å². The van der Waals surface area contributed by atoms with Crippen molar-refractivity contribution < 1.29 is 12.6 Å². The second-order valence-corrected chi connectivity index (χ2v) is 5.35. The van der Waals surface area contributed by atoms with Gasteiger partial charge < -0.3 is 0 Å². The predicted molar refractivity (Wildman–Crippen MR) is 58.5 cm³/mol. The lowest BCUT2D eigenvalue weighted by molar-refractivity contribution is 0.114. The van der Waals surface area contributed by atoms with E-state index in [1.54, 1.807) is 6.08 Å². The Morgan fingerprint density at radius 3 is 2.21 bits per heavy atom. The molecule has 0 aliphatic heterocycles. The van der Waals surface area contributed by atoms with Gasteiger partial charge in [-0.1, -0.05) is 33.3 Å². The second-order valence-electron chi connectivity index (χ2n) is 3.75. The molecule has 0 fully saturated rings. The van der Waals surface area contributed by atoms with Crippen LogP contribution in [0.2, 0.25) is 0 Å². The summed E-state index contributed by atoms with van der Waals surface area (Å²) in [5.41, 5.74) is 0. The Morgan fingerprint density at radius 2 is 1.93 bits per heavy atom. The zero-order chi connectivity index (χ0) is 11.4. The van der Waals surface area contributed by atoms with Gasteiger partial charge in [0.1, 0.15) is 0 Å². The van der Waals surface area contributed by atoms with Gasteiger partial charge in [0, 0.05) is 5.92 Å². The third-order valence-corrected chi connectivity index (χ3v) is 2.95. The van der Waals surface area contributed by atoms with Crippen LogP contribution in [0.3, 0.4) is 0 Å². The Balaban J connectivity index is 4.64. The molecule has 0 aliphatic carbocycles. The molecule has 4 heteroatoms. The van der Waals surface area contributed by atoms with Gasteiger partial charge in [-0.3, -0.25) is 4.18 Å². The lowest BCUT2D eigenvalue weighted by Gasteiger charge is -2.25. The van der Waals surface area contributed by atoms with Crippen LogP contribution in [0.4, 0.5) is 0 Å². The summed E-state index contributed by atoms with van der Waals surface area (Å²) in [6.45, 7) is 9.56.